The number of ketones is 2. The second-order valence-electron chi connectivity index (χ2n) is 9.40. The number of carbonyl (C=O) groups is 3. The quantitative estimate of drug-likeness (QED) is 0.348. The van der Waals surface area contributed by atoms with Crippen molar-refractivity contribution in [1.29, 1.82) is 0 Å². The molecule has 0 bridgehead atoms. The molecule has 0 aromatic heterocycles. The van der Waals surface area contributed by atoms with E-state index in [0.717, 1.165) is 0 Å². The molecule has 9 nitrogen and oxygen atoms in total. The maximum atomic E-state index is 13.6. The Morgan fingerprint density at radius 1 is 1.11 bits per heavy atom. The Labute approximate surface area is 204 Å². The Morgan fingerprint density at radius 2 is 1.78 bits per heavy atom. The van der Waals surface area contributed by atoms with Gasteiger partial charge in [0.25, 0.3) is 5.91 Å². The molecule has 1 amide bonds. The molecule has 1 fully saturated rings. The van der Waals surface area contributed by atoms with E-state index in [-0.39, 0.29) is 41.8 Å². The average Bonchev–Trinajstić information content (AvgIpc) is 2.82. The van der Waals surface area contributed by atoms with Crippen molar-refractivity contribution in [3.63, 3.8) is 0 Å². The van der Waals surface area contributed by atoms with Crippen LogP contribution in [0, 0.1) is 17.7 Å². The number of carbonyl (C=O) groups excluding carboxylic acids is 3. The van der Waals surface area contributed by atoms with Crippen molar-refractivity contribution in [3.8, 4) is 16.9 Å². The number of aliphatic hydroxyl groups is 3. The predicted molar refractivity (Wildman–Crippen MR) is 125 cm³/mol. The fraction of sp³-hybridized carbons (Fsp3) is 0.269. The monoisotopic (exact) mass is 494 g/mol. The summed E-state index contributed by atoms with van der Waals surface area (Å²) in [5.41, 5.74) is 9.16. The summed E-state index contributed by atoms with van der Waals surface area (Å²) in [6, 6.07) is 7.25. The number of fused-ring (bicyclic) bond motifs is 3. The fourth-order valence-electron chi connectivity index (χ4n) is 5.79. The predicted octanol–water partition coefficient (Wildman–Crippen LogP) is 1.69. The van der Waals surface area contributed by atoms with Crippen LogP contribution in [0.4, 0.5) is 4.39 Å². The molecule has 1 saturated carbocycles. The molecule has 0 radical (unpaired) electrons. The highest BCUT2D eigenvalue weighted by atomic mass is 19.1. The Balaban J connectivity index is 1.75. The third-order valence-electron chi connectivity index (χ3n) is 7.52. The molecule has 36 heavy (non-hydrogen) atoms. The highest BCUT2D eigenvalue weighted by Gasteiger charge is 2.60. The molecule has 3 atom stereocenters. The molecule has 3 aliphatic rings. The van der Waals surface area contributed by atoms with Crippen LogP contribution in [0.3, 0.4) is 0 Å². The van der Waals surface area contributed by atoms with E-state index < -0.39 is 64.2 Å². The zero-order chi connectivity index (χ0) is 26.1. The Kier molecular flexibility index (Phi) is 5.27. The number of hydrogen-bond acceptors (Lipinski definition) is 8. The number of amides is 1. The van der Waals surface area contributed by atoms with Crippen LogP contribution in [-0.4, -0.2) is 43.5 Å². The zero-order valence-corrected chi connectivity index (χ0v) is 18.9. The number of aromatic hydroxyl groups is 1. The first-order valence-electron chi connectivity index (χ1n) is 11.3. The van der Waals surface area contributed by atoms with Gasteiger partial charge >= 0.3 is 0 Å². The van der Waals surface area contributed by atoms with Gasteiger partial charge in [-0.3, -0.25) is 14.4 Å². The minimum absolute atomic E-state index is 0.0190. The molecule has 0 heterocycles. The maximum Gasteiger partial charge on any atom is 0.255 e. The number of rotatable bonds is 3. The zero-order valence-electron chi connectivity index (χ0n) is 18.9. The van der Waals surface area contributed by atoms with Crippen LogP contribution in [0.25, 0.3) is 16.9 Å². The number of phenols is 1. The summed E-state index contributed by atoms with van der Waals surface area (Å²) < 4.78 is 13.6. The average molecular weight is 494 g/mol. The standard InChI is InChI=1S/C26H23FN2O7/c27-14-3-1-10(2-4-14)15-7-12(9-28)21(31)19-16(15)6-11-5-13-8-17(30)20(25(29)35)24(34)26(13,36)23(33)18(11)22(19)32/h1-4,7,11,13,31-32,34,36H,5-6,8-9,28H2,(H2,29,35). The van der Waals surface area contributed by atoms with Crippen LogP contribution in [0.1, 0.15) is 29.5 Å². The molecule has 10 heteroatoms. The number of hydrogen-bond donors (Lipinski definition) is 6. The lowest BCUT2D eigenvalue weighted by molar-refractivity contribution is -0.147. The van der Waals surface area contributed by atoms with Gasteiger partial charge in [0.1, 0.15) is 28.7 Å². The van der Waals surface area contributed by atoms with Crippen LogP contribution in [-0.2, 0) is 27.3 Å². The van der Waals surface area contributed by atoms with E-state index in [9.17, 15) is 39.2 Å². The molecule has 8 N–H and O–H groups in total. The van der Waals surface area contributed by atoms with Crippen molar-refractivity contribution in [2.75, 3.05) is 0 Å². The fourth-order valence-corrected chi connectivity index (χ4v) is 5.79. The topological polar surface area (TPSA) is 184 Å². The lowest BCUT2D eigenvalue weighted by Crippen LogP contribution is -2.58. The van der Waals surface area contributed by atoms with Crippen LogP contribution in [0.2, 0.25) is 0 Å². The maximum absolute atomic E-state index is 13.6. The van der Waals surface area contributed by atoms with Crippen molar-refractivity contribution >= 4 is 23.2 Å². The minimum atomic E-state index is -2.63. The third-order valence-corrected chi connectivity index (χ3v) is 7.52. The first-order chi connectivity index (χ1) is 17.0. The van der Waals surface area contributed by atoms with Gasteiger partial charge in [-0.2, -0.15) is 0 Å². The Hall–Kier alpha value is -4.02. The molecule has 3 aliphatic carbocycles. The lowest BCUT2D eigenvalue weighted by Gasteiger charge is -2.46. The van der Waals surface area contributed by atoms with Crippen molar-refractivity contribution in [3.05, 3.63) is 69.7 Å². The van der Waals surface area contributed by atoms with Crippen LogP contribution < -0.4 is 11.5 Å². The first-order valence-corrected chi connectivity index (χ1v) is 11.3. The van der Waals surface area contributed by atoms with E-state index in [1.165, 1.54) is 24.3 Å². The van der Waals surface area contributed by atoms with Gasteiger partial charge in [0.2, 0.25) is 5.78 Å². The summed E-state index contributed by atoms with van der Waals surface area (Å²) in [6.07, 6.45) is -0.241. The molecule has 3 unspecified atom stereocenters. The summed E-state index contributed by atoms with van der Waals surface area (Å²) >= 11 is 0. The van der Waals surface area contributed by atoms with Crippen LogP contribution >= 0.6 is 0 Å². The lowest BCUT2D eigenvalue weighted by atomic mass is 9.59. The molecule has 186 valence electrons. The number of phenolic OH excluding ortho intramolecular Hbond substituents is 1. The number of aliphatic hydroxyl groups excluding tert-OH is 2. The number of halogens is 1. The molecule has 5 rings (SSSR count). The van der Waals surface area contributed by atoms with Gasteiger partial charge in [0.15, 0.2) is 11.4 Å². The van der Waals surface area contributed by atoms with Crippen LogP contribution in [0.5, 0.6) is 5.75 Å². The van der Waals surface area contributed by atoms with Gasteiger partial charge in [-0.1, -0.05) is 12.1 Å². The number of benzene rings is 2. The van der Waals surface area contributed by atoms with Gasteiger partial charge in [-0.05, 0) is 53.6 Å². The molecular formula is C26H23FN2O7. The summed E-state index contributed by atoms with van der Waals surface area (Å²) in [7, 11) is 0. The summed E-state index contributed by atoms with van der Waals surface area (Å²) in [4.78, 5) is 37.8. The van der Waals surface area contributed by atoms with Crippen molar-refractivity contribution in [2.24, 2.45) is 23.3 Å². The summed E-state index contributed by atoms with van der Waals surface area (Å²) in [5.74, 6) is -7.39. The van der Waals surface area contributed by atoms with Gasteiger partial charge < -0.3 is 31.9 Å². The first kappa shape index (κ1) is 23.7. The third kappa shape index (κ3) is 3.11. The largest absolute Gasteiger partial charge is 0.508 e. The minimum Gasteiger partial charge on any atom is -0.508 e. The SMILES string of the molecule is NCc1cc(-c2ccc(F)cc2)c2c(c1O)C(O)=C1C(=O)C3(O)C(O)=C(C(N)=O)C(=O)CC3CC1C2. The van der Waals surface area contributed by atoms with E-state index in [1.54, 1.807) is 6.07 Å². The van der Waals surface area contributed by atoms with Crippen molar-refractivity contribution in [1.82, 2.24) is 0 Å². The molecule has 2 aromatic rings. The summed E-state index contributed by atoms with van der Waals surface area (Å²) in [5, 5.41) is 44.2. The number of Topliss-reactive ketones (excluding diaryl/α,β-unsaturated/α-hetero) is 2. The molecule has 0 aliphatic heterocycles. The number of nitrogens with two attached hydrogens (primary N) is 2. The van der Waals surface area contributed by atoms with Crippen molar-refractivity contribution < 1.29 is 39.2 Å². The Bertz CT molecular complexity index is 1430. The second kappa shape index (κ2) is 8.00. The highest BCUT2D eigenvalue weighted by molar-refractivity contribution is 6.22. The van der Waals surface area contributed by atoms with Crippen LogP contribution in [0.15, 0.2) is 47.2 Å². The van der Waals surface area contributed by atoms with Crippen molar-refractivity contribution in [2.45, 2.75) is 31.4 Å². The van der Waals surface area contributed by atoms with E-state index >= 15 is 0 Å². The summed E-state index contributed by atoms with van der Waals surface area (Å²) in [6.45, 7) is -0.104. The molecule has 0 spiro atoms. The normalized spacial score (nSPS) is 25.4. The van der Waals surface area contributed by atoms with E-state index in [0.29, 0.717) is 16.7 Å². The molecular weight excluding hydrogens is 471 g/mol. The van der Waals surface area contributed by atoms with Gasteiger partial charge in [-0.15, -0.1) is 0 Å². The Morgan fingerprint density at radius 3 is 2.39 bits per heavy atom. The van der Waals surface area contributed by atoms with Gasteiger partial charge in [0.05, 0.1) is 5.56 Å². The number of primary amides is 1. The van der Waals surface area contributed by atoms with Gasteiger partial charge in [-0.25, -0.2) is 4.39 Å². The van der Waals surface area contributed by atoms with Gasteiger partial charge in [0, 0.05) is 30.0 Å². The highest BCUT2D eigenvalue weighted by Crippen LogP contribution is 2.53. The van der Waals surface area contributed by atoms with E-state index in [4.69, 9.17) is 11.5 Å². The van der Waals surface area contributed by atoms with E-state index in [1.807, 2.05) is 0 Å². The molecule has 0 saturated heterocycles. The smallest absolute Gasteiger partial charge is 0.255 e. The molecule has 2 aromatic carbocycles. The van der Waals surface area contributed by atoms with E-state index in [2.05, 4.69) is 0 Å². The second-order valence-corrected chi connectivity index (χ2v) is 9.40.